The Bertz CT molecular complexity index is 535. The molecule has 0 aliphatic rings. The highest BCUT2D eigenvalue weighted by Gasteiger charge is 2.10. The maximum Gasteiger partial charge on any atom is 0.335 e. The van der Waals surface area contributed by atoms with Gasteiger partial charge in [0.15, 0.2) is 17.3 Å². The van der Waals surface area contributed by atoms with E-state index in [0.717, 1.165) is 0 Å². The van der Waals surface area contributed by atoms with Gasteiger partial charge in [-0.3, -0.25) is 0 Å². The number of aromatic carboxylic acids is 1. The molecule has 1 heterocycles. The number of benzene rings is 1. The van der Waals surface area contributed by atoms with E-state index in [1.165, 1.54) is 25.4 Å². The van der Waals surface area contributed by atoms with E-state index < -0.39 is 5.97 Å². The monoisotopic (exact) mass is 249 g/mol. The number of rotatable bonds is 5. The van der Waals surface area contributed by atoms with Crippen molar-refractivity contribution in [1.29, 1.82) is 0 Å². The van der Waals surface area contributed by atoms with Crippen LogP contribution in [-0.2, 0) is 6.61 Å². The summed E-state index contributed by atoms with van der Waals surface area (Å²) < 4.78 is 15.4. The Morgan fingerprint density at radius 2 is 2.22 bits per heavy atom. The predicted octanol–water partition coefficient (Wildman–Crippen LogP) is 1.96. The summed E-state index contributed by atoms with van der Waals surface area (Å²) in [5.74, 6) is 0.350. The summed E-state index contributed by atoms with van der Waals surface area (Å²) in [6.45, 7) is 0.197. The molecule has 0 saturated heterocycles. The van der Waals surface area contributed by atoms with Crippen LogP contribution in [0.1, 0.15) is 16.1 Å². The Morgan fingerprint density at radius 3 is 2.83 bits per heavy atom. The van der Waals surface area contributed by atoms with Gasteiger partial charge in [0.2, 0.25) is 0 Å². The second kappa shape index (κ2) is 5.22. The van der Waals surface area contributed by atoms with Crippen molar-refractivity contribution < 1.29 is 23.9 Å². The third-order valence-corrected chi connectivity index (χ3v) is 2.27. The van der Waals surface area contributed by atoms with Gasteiger partial charge in [0.25, 0.3) is 0 Å². The molecular formula is C12H11NO5. The first kappa shape index (κ1) is 12.0. The van der Waals surface area contributed by atoms with Crippen LogP contribution in [0.5, 0.6) is 11.5 Å². The second-order valence-corrected chi connectivity index (χ2v) is 3.44. The number of hydrogen-bond donors (Lipinski definition) is 1. The number of aromatic nitrogens is 1. The van der Waals surface area contributed by atoms with Crippen LogP contribution in [0.4, 0.5) is 0 Å². The summed E-state index contributed by atoms with van der Waals surface area (Å²) in [6.07, 6.45) is 1.52. The number of ether oxygens (including phenoxy) is 2. The minimum Gasteiger partial charge on any atom is -0.493 e. The van der Waals surface area contributed by atoms with Crippen LogP contribution in [0.25, 0.3) is 0 Å². The Morgan fingerprint density at radius 1 is 1.39 bits per heavy atom. The van der Waals surface area contributed by atoms with Gasteiger partial charge in [0, 0.05) is 6.07 Å². The average Bonchev–Trinajstić information content (AvgIpc) is 2.89. The van der Waals surface area contributed by atoms with Crippen LogP contribution in [0.15, 0.2) is 35.0 Å². The molecule has 0 radical (unpaired) electrons. The molecule has 0 bridgehead atoms. The Kier molecular flexibility index (Phi) is 3.47. The molecule has 1 aromatic carbocycles. The molecule has 0 fully saturated rings. The third kappa shape index (κ3) is 2.60. The summed E-state index contributed by atoms with van der Waals surface area (Å²) in [5, 5.41) is 12.4. The quantitative estimate of drug-likeness (QED) is 0.872. The van der Waals surface area contributed by atoms with E-state index in [2.05, 4.69) is 5.16 Å². The highest BCUT2D eigenvalue weighted by molar-refractivity contribution is 5.88. The molecule has 0 spiro atoms. The van der Waals surface area contributed by atoms with Crippen molar-refractivity contribution >= 4 is 5.97 Å². The Balaban J connectivity index is 2.14. The molecule has 0 unspecified atom stereocenters. The van der Waals surface area contributed by atoms with E-state index >= 15 is 0 Å². The molecule has 6 nitrogen and oxygen atoms in total. The van der Waals surface area contributed by atoms with Crippen LogP contribution in [0.3, 0.4) is 0 Å². The fourth-order valence-electron chi connectivity index (χ4n) is 1.39. The number of carboxylic acid groups (broad SMARTS) is 1. The molecule has 6 heteroatoms. The van der Waals surface area contributed by atoms with Crippen LogP contribution < -0.4 is 9.47 Å². The van der Waals surface area contributed by atoms with Crippen molar-refractivity contribution in [3.63, 3.8) is 0 Å². The van der Waals surface area contributed by atoms with E-state index in [1.54, 1.807) is 12.1 Å². The molecule has 0 amide bonds. The van der Waals surface area contributed by atoms with Crippen molar-refractivity contribution in [1.82, 2.24) is 5.16 Å². The van der Waals surface area contributed by atoms with Gasteiger partial charge in [-0.25, -0.2) is 4.79 Å². The van der Waals surface area contributed by atoms with Crippen molar-refractivity contribution in [2.45, 2.75) is 6.61 Å². The van der Waals surface area contributed by atoms with Crippen molar-refractivity contribution in [3.8, 4) is 11.5 Å². The highest BCUT2D eigenvalue weighted by Crippen LogP contribution is 2.28. The van der Waals surface area contributed by atoms with Crippen LogP contribution >= 0.6 is 0 Å². The minimum atomic E-state index is -1.02. The van der Waals surface area contributed by atoms with E-state index in [4.69, 9.17) is 19.1 Å². The van der Waals surface area contributed by atoms with E-state index in [1.807, 2.05) is 0 Å². The lowest BCUT2D eigenvalue weighted by Gasteiger charge is -2.09. The Labute approximate surface area is 103 Å². The topological polar surface area (TPSA) is 81.8 Å². The number of nitrogens with zero attached hydrogens (tertiary/aromatic N) is 1. The van der Waals surface area contributed by atoms with Crippen molar-refractivity contribution in [2.24, 2.45) is 0 Å². The summed E-state index contributed by atoms with van der Waals surface area (Å²) in [4.78, 5) is 10.8. The maximum absolute atomic E-state index is 10.8. The fourth-order valence-corrected chi connectivity index (χ4v) is 1.39. The predicted molar refractivity (Wildman–Crippen MR) is 60.8 cm³/mol. The van der Waals surface area contributed by atoms with Gasteiger partial charge in [-0.05, 0) is 18.2 Å². The van der Waals surface area contributed by atoms with Gasteiger partial charge in [-0.2, -0.15) is 0 Å². The van der Waals surface area contributed by atoms with E-state index in [0.29, 0.717) is 17.3 Å². The maximum atomic E-state index is 10.8. The molecule has 1 aromatic heterocycles. The average molecular weight is 249 g/mol. The number of carboxylic acids is 1. The largest absolute Gasteiger partial charge is 0.493 e. The van der Waals surface area contributed by atoms with Gasteiger partial charge in [-0.1, -0.05) is 5.16 Å². The van der Waals surface area contributed by atoms with Gasteiger partial charge >= 0.3 is 5.97 Å². The molecule has 94 valence electrons. The smallest absolute Gasteiger partial charge is 0.335 e. The molecule has 0 saturated carbocycles. The van der Waals surface area contributed by atoms with Crippen molar-refractivity contribution in [3.05, 3.63) is 41.8 Å². The zero-order valence-electron chi connectivity index (χ0n) is 9.62. The van der Waals surface area contributed by atoms with Gasteiger partial charge in [0.1, 0.15) is 6.61 Å². The summed E-state index contributed by atoms with van der Waals surface area (Å²) in [7, 11) is 1.45. The standard InChI is InChI=1S/C12H11NO5/c1-16-11-6-8(12(14)15)2-3-10(11)17-7-9-4-5-13-18-9/h2-6H,7H2,1H3,(H,14,15). The summed E-state index contributed by atoms with van der Waals surface area (Å²) >= 11 is 0. The first-order valence-corrected chi connectivity index (χ1v) is 5.14. The van der Waals surface area contributed by atoms with Gasteiger partial charge in [-0.15, -0.1) is 0 Å². The normalized spacial score (nSPS) is 10.1. The molecule has 2 aromatic rings. The first-order chi connectivity index (χ1) is 8.70. The molecule has 0 aliphatic carbocycles. The molecular weight excluding hydrogens is 238 g/mol. The minimum absolute atomic E-state index is 0.138. The molecule has 1 N–H and O–H groups in total. The van der Waals surface area contributed by atoms with Crippen molar-refractivity contribution in [2.75, 3.05) is 7.11 Å². The van der Waals surface area contributed by atoms with Crippen LogP contribution in [0, 0.1) is 0 Å². The SMILES string of the molecule is COc1cc(C(=O)O)ccc1OCc1ccno1. The Hall–Kier alpha value is -2.50. The lowest BCUT2D eigenvalue weighted by molar-refractivity contribution is 0.0696. The zero-order valence-corrected chi connectivity index (χ0v) is 9.62. The lowest BCUT2D eigenvalue weighted by Crippen LogP contribution is -2.00. The lowest BCUT2D eigenvalue weighted by atomic mass is 10.2. The summed E-state index contributed by atoms with van der Waals surface area (Å²) in [5.41, 5.74) is 0.138. The second-order valence-electron chi connectivity index (χ2n) is 3.44. The molecule has 18 heavy (non-hydrogen) atoms. The fraction of sp³-hybridized carbons (Fsp3) is 0.167. The van der Waals surface area contributed by atoms with E-state index in [9.17, 15) is 4.79 Å². The third-order valence-electron chi connectivity index (χ3n) is 2.27. The molecule has 2 rings (SSSR count). The molecule has 0 atom stereocenters. The van der Waals surface area contributed by atoms with Crippen LogP contribution in [-0.4, -0.2) is 23.3 Å². The zero-order chi connectivity index (χ0) is 13.0. The van der Waals surface area contributed by atoms with Gasteiger partial charge in [0.05, 0.1) is 18.9 Å². The van der Waals surface area contributed by atoms with Gasteiger partial charge < -0.3 is 19.1 Å². The first-order valence-electron chi connectivity index (χ1n) is 5.14. The number of methoxy groups -OCH3 is 1. The number of hydrogen-bond acceptors (Lipinski definition) is 5. The van der Waals surface area contributed by atoms with Crippen LogP contribution in [0.2, 0.25) is 0 Å². The van der Waals surface area contributed by atoms with E-state index in [-0.39, 0.29) is 12.2 Å². The highest BCUT2D eigenvalue weighted by atomic mass is 16.5. The summed E-state index contributed by atoms with van der Waals surface area (Å²) in [6, 6.07) is 6.06. The number of carbonyl (C=O) groups is 1. The molecule has 0 aliphatic heterocycles.